The Morgan fingerprint density at radius 2 is 2.24 bits per heavy atom. The van der Waals surface area contributed by atoms with Gasteiger partial charge >= 0.3 is 0 Å². The number of ether oxygens (including phenoxy) is 1. The fraction of sp³-hybridized carbons (Fsp3) is 0.538. The number of aliphatic hydroxyl groups is 1. The molecule has 0 bridgehead atoms. The molecule has 4 heteroatoms. The van der Waals surface area contributed by atoms with Crippen LogP contribution in [0, 0.1) is 5.92 Å². The molecule has 0 aliphatic carbocycles. The van der Waals surface area contributed by atoms with Crippen LogP contribution in [0.4, 0.5) is 0 Å². The Balaban J connectivity index is 1.72. The lowest BCUT2D eigenvalue weighted by Crippen LogP contribution is -2.26. The Bertz CT molecular complexity index is 359. The normalized spacial score (nSPS) is 20.7. The average molecular weight is 300 g/mol. The smallest absolute Gasteiger partial charge is 0.133 e. The molecule has 94 valence electrons. The molecule has 1 heterocycles. The van der Waals surface area contributed by atoms with Crippen LogP contribution in [-0.4, -0.2) is 42.9 Å². The summed E-state index contributed by atoms with van der Waals surface area (Å²) < 4.78 is 6.71. The first-order valence-electron chi connectivity index (χ1n) is 6.00. The van der Waals surface area contributed by atoms with Crippen molar-refractivity contribution in [2.75, 3.05) is 32.8 Å². The summed E-state index contributed by atoms with van der Waals surface area (Å²) in [5.74, 6) is 1.35. The van der Waals surface area contributed by atoms with Crippen molar-refractivity contribution in [3.63, 3.8) is 0 Å². The predicted molar refractivity (Wildman–Crippen MR) is 71.3 cm³/mol. The van der Waals surface area contributed by atoms with Crippen molar-refractivity contribution < 1.29 is 9.84 Å². The molecule has 0 amide bonds. The third-order valence-corrected chi connectivity index (χ3v) is 3.79. The largest absolute Gasteiger partial charge is 0.491 e. The Morgan fingerprint density at radius 1 is 1.41 bits per heavy atom. The van der Waals surface area contributed by atoms with E-state index in [1.54, 1.807) is 0 Å². The molecule has 1 N–H and O–H groups in total. The lowest BCUT2D eigenvalue weighted by Gasteiger charge is -2.16. The molecule has 0 saturated carbocycles. The van der Waals surface area contributed by atoms with Gasteiger partial charge in [-0.25, -0.2) is 0 Å². The zero-order chi connectivity index (χ0) is 12.1. The van der Waals surface area contributed by atoms with Crippen LogP contribution >= 0.6 is 15.9 Å². The fourth-order valence-corrected chi connectivity index (χ4v) is 2.51. The van der Waals surface area contributed by atoms with Gasteiger partial charge in [-0.2, -0.15) is 0 Å². The SMILES string of the molecule is OCC1CCN(CCOc2ccccc2Br)C1. The molecule has 1 aliphatic heterocycles. The highest BCUT2D eigenvalue weighted by atomic mass is 79.9. The first-order valence-corrected chi connectivity index (χ1v) is 6.79. The monoisotopic (exact) mass is 299 g/mol. The zero-order valence-corrected chi connectivity index (χ0v) is 11.4. The van der Waals surface area contributed by atoms with E-state index in [4.69, 9.17) is 9.84 Å². The van der Waals surface area contributed by atoms with Gasteiger partial charge in [0, 0.05) is 19.7 Å². The fourth-order valence-electron chi connectivity index (χ4n) is 2.11. The summed E-state index contributed by atoms with van der Waals surface area (Å²) in [5, 5.41) is 9.06. The van der Waals surface area contributed by atoms with Gasteiger partial charge in [0.1, 0.15) is 12.4 Å². The highest BCUT2D eigenvalue weighted by Crippen LogP contribution is 2.23. The molecule has 3 nitrogen and oxygen atoms in total. The average Bonchev–Trinajstić information content (AvgIpc) is 2.80. The summed E-state index contributed by atoms with van der Waals surface area (Å²) in [4.78, 5) is 2.34. The van der Waals surface area contributed by atoms with E-state index >= 15 is 0 Å². The molecular weight excluding hydrogens is 282 g/mol. The number of rotatable bonds is 5. The molecule has 1 fully saturated rings. The second kappa shape index (κ2) is 6.38. The molecule has 2 rings (SSSR count). The van der Waals surface area contributed by atoms with Gasteiger partial charge in [0.15, 0.2) is 0 Å². The lowest BCUT2D eigenvalue weighted by molar-refractivity contribution is 0.204. The van der Waals surface area contributed by atoms with Crippen LogP contribution in [0.5, 0.6) is 5.75 Å². The van der Waals surface area contributed by atoms with E-state index < -0.39 is 0 Å². The Hall–Kier alpha value is -0.580. The third kappa shape index (κ3) is 3.69. The summed E-state index contributed by atoms with van der Waals surface area (Å²) in [5.41, 5.74) is 0. The minimum absolute atomic E-state index is 0.307. The minimum Gasteiger partial charge on any atom is -0.491 e. The maximum absolute atomic E-state index is 9.06. The molecule has 1 saturated heterocycles. The Labute approximate surface area is 111 Å². The van der Waals surface area contributed by atoms with Crippen LogP contribution in [0.3, 0.4) is 0 Å². The number of hydrogen-bond acceptors (Lipinski definition) is 3. The van der Waals surface area contributed by atoms with Gasteiger partial charge in [0.2, 0.25) is 0 Å². The van der Waals surface area contributed by atoms with E-state index in [9.17, 15) is 0 Å². The van der Waals surface area contributed by atoms with Crippen LogP contribution in [0.2, 0.25) is 0 Å². The Morgan fingerprint density at radius 3 is 2.94 bits per heavy atom. The van der Waals surface area contributed by atoms with E-state index in [0.717, 1.165) is 36.3 Å². The van der Waals surface area contributed by atoms with Crippen molar-refractivity contribution in [2.45, 2.75) is 6.42 Å². The molecule has 17 heavy (non-hydrogen) atoms. The quantitative estimate of drug-likeness (QED) is 0.904. The highest BCUT2D eigenvalue weighted by Gasteiger charge is 2.21. The maximum atomic E-state index is 9.06. The van der Waals surface area contributed by atoms with E-state index in [2.05, 4.69) is 20.8 Å². The van der Waals surface area contributed by atoms with Crippen molar-refractivity contribution in [3.8, 4) is 5.75 Å². The molecule has 1 atom stereocenters. The highest BCUT2D eigenvalue weighted by molar-refractivity contribution is 9.10. The number of benzene rings is 1. The topological polar surface area (TPSA) is 32.7 Å². The van der Waals surface area contributed by atoms with Gasteiger partial charge in [-0.05, 0) is 46.9 Å². The summed E-state index contributed by atoms with van der Waals surface area (Å²) in [7, 11) is 0. The molecule has 0 aromatic heterocycles. The van der Waals surface area contributed by atoms with Gasteiger partial charge in [-0.15, -0.1) is 0 Å². The van der Waals surface area contributed by atoms with Crippen LogP contribution < -0.4 is 4.74 Å². The van der Waals surface area contributed by atoms with Gasteiger partial charge in [0.05, 0.1) is 4.47 Å². The van der Waals surface area contributed by atoms with Crippen LogP contribution in [0.15, 0.2) is 28.7 Å². The number of hydrogen-bond donors (Lipinski definition) is 1. The minimum atomic E-state index is 0.307. The molecule has 0 radical (unpaired) electrons. The third-order valence-electron chi connectivity index (χ3n) is 3.13. The molecule has 1 aromatic carbocycles. The molecule has 1 unspecified atom stereocenters. The molecular formula is C13H18BrNO2. The van der Waals surface area contributed by atoms with Crippen molar-refractivity contribution >= 4 is 15.9 Å². The number of para-hydroxylation sites is 1. The summed E-state index contributed by atoms with van der Waals surface area (Å²) in [6.45, 7) is 4.00. The Kier molecular flexibility index (Phi) is 4.83. The van der Waals surface area contributed by atoms with Gasteiger partial charge in [-0.3, -0.25) is 4.90 Å². The van der Waals surface area contributed by atoms with Crippen molar-refractivity contribution in [3.05, 3.63) is 28.7 Å². The second-order valence-corrected chi connectivity index (χ2v) is 5.27. The standard InChI is InChI=1S/C13H18BrNO2/c14-12-3-1-2-4-13(12)17-8-7-15-6-5-11(9-15)10-16/h1-4,11,16H,5-10H2. The molecule has 0 spiro atoms. The van der Waals surface area contributed by atoms with E-state index in [0.29, 0.717) is 19.1 Å². The maximum Gasteiger partial charge on any atom is 0.133 e. The van der Waals surface area contributed by atoms with E-state index in [-0.39, 0.29) is 0 Å². The van der Waals surface area contributed by atoms with Gasteiger partial charge < -0.3 is 9.84 Å². The lowest BCUT2D eigenvalue weighted by atomic mass is 10.1. The number of aliphatic hydroxyl groups excluding tert-OH is 1. The van der Waals surface area contributed by atoms with Crippen molar-refractivity contribution in [2.24, 2.45) is 5.92 Å². The van der Waals surface area contributed by atoms with E-state index in [1.165, 1.54) is 0 Å². The summed E-state index contributed by atoms with van der Waals surface area (Å²) in [6.07, 6.45) is 1.10. The van der Waals surface area contributed by atoms with Crippen LogP contribution in [-0.2, 0) is 0 Å². The predicted octanol–water partition coefficient (Wildman–Crippen LogP) is 2.14. The molecule has 1 aromatic rings. The molecule has 1 aliphatic rings. The number of likely N-dealkylation sites (tertiary alicyclic amines) is 1. The van der Waals surface area contributed by atoms with Crippen LogP contribution in [0.25, 0.3) is 0 Å². The number of nitrogens with zero attached hydrogens (tertiary/aromatic N) is 1. The van der Waals surface area contributed by atoms with E-state index in [1.807, 2.05) is 24.3 Å². The summed E-state index contributed by atoms with van der Waals surface area (Å²) >= 11 is 3.46. The summed E-state index contributed by atoms with van der Waals surface area (Å²) in [6, 6.07) is 7.89. The van der Waals surface area contributed by atoms with Crippen LogP contribution in [0.1, 0.15) is 6.42 Å². The first-order chi connectivity index (χ1) is 8.29. The number of halogens is 1. The first kappa shape index (κ1) is 12.9. The van der Waals surface area contributed by atoms with Gasteiger partial charge in [-0.1, -0.05) is 12.1 Å². The van der Waals surface area contributed by atoms with Crippen molar-refractivity contribution in [1.82, 2.24) is 4.90 Å². The second-order valence-electron chi connectivity index (χ2n) is 4.42. The van der Waals surface area contributed by atoms with Gasteiger partial charge in [0.25, 0.3) is 0 Å². The van der Waals surface area contributed by atoms with Crippen molar-refractivity contribution in [1.29, 1.82) is 0 Å². The zero-order valence-electron chi connectivity index (χ0n) is 9.81.